The van der Waals surface area contributed by atoms with E-state index in [1.165, 1.54) is 16.2 Å². The molecule has 0 saturated carbocycles. The lowest BCUT2D eigenvalue weighted by Gasteiger charge is -2.03. The topological polar surface area (TPSA) is 12.0 Å². The van der Waals surface area contributed by atoms with Crippen molar-refractivity contribution >= 4 is 16.7 Å². The van der Waals surface area contributed by atoms with Gasteiger partial charge in [-0.3, -0.25) is 0 Å². The molecule has 0 amide bonds. The van der Waals surface area contributed by atoms with E-state index >= 15 is 0 Å². The summed E-state index contributed by atoms with van der Waals surface area (Å²) in [6.07, 6.45) is 2.27. The molecule has 0 radical (unpaired) electrons. The summed E-state index contributed by atoms with van der Waals surface area (Å²) in [4.78, 5) is 1.41. The average Bonchev–Trinajstić information content (AvgIpc) is 2.47. The van der Waals surface area contributed by atoms with Gasteiger partial charge in [0.05, 0.1) is 0 Å². The van der Waals surface area contributed by atoms with Crippen LogP contribution < -0.4 is 5.32 Å². The molecule has 0 saturated heterocycles. The fraction of sp³-hybridized carbons (Fsp3) is 0.273. The Bertz CT molecular complexity index is 292. The summed E-state index contributed by atoms with van der Waals surface area (Å²) in [5, 5.41) is 3.35. The average molecular weight is 191 g/mol. The molecule has 1 aromatic rings. The Morgan fingerprint density at radius 3 is 2.85 bits per heavy atom. The van der Waals surface area contributed by atoms with Crippen LogP contribution in [0.4, 0.5) is 0 Å². The first-order chi connectivity index (χ1) is 6.47. The van der Waals surface area contributed by atoms with Crippen molar-refractivity contribution in [2.24, 2.45) is 0 Å². The van der Waals surface area contributed by atoms with Gasteiger partial charge in [-0.05, 0) is 5.56 Å². The fourth-order valence-electron chi connectivity index (χ4n) is 1.36. The van der Waals surface area contributed by atoms with E-state index in [1.54, 1.807) is 0 Å². The van der Waals surface area contributed by atoms with Crippen molar-refractivity contribution in [3.05, 3.63) is 42.0 Å². The van der Waals surface area contributed by atoms with Crippen molar-refractivity contribution in [3.63, 3.8) is 0 Å². The predicted molar refractivity (Wildman–Crippen MR) is 59.7 cm³/mol. The predicted octanol–water partition coefficient (Wildman–Crippen LogP) is 2.36. The number of hydrogen-bond acceptors (Lipinski definition) is 2. The second-order valence-corrected chi connectivity index (χ2v) is 4.12. The smallest absolute Gasteiger partial charge is 0.0149 e. The monoisotopic (exact) mass is 191 g/mol. The summed E-state index contributed by atoms with van der Waals surface area (Å²) in [6, 6.07) is 10.6. The number of thioether (sulfide) groups is 1. The number of benzene rings is 1. The molecule has 0 aliphatic carbocycles. The standard InChI is InChI=1S/C11H13NS/c1-2-4-10(5-3-1)11-6-7-12-8-9-13-11/h1-6,12H,7-9H2. The van der Waals surface area contributed by atoms with Crippen LogP contribution in [0.15, 0.2) is 36.4 Å². The summed E-state index contributed by atoms with van der Waals surface area (Å²) >= 11 is 1.94. The summed E-state index contributed by atoms with van der Waals surface area (Å²) in [5.74, 6) is 1.17. The van der Waals surface area contributed by atoms with Crippen LogP contribution in [-0.4, -0.2) is 18.8 Å². The first-order valence-electron chi connectivity index (χ1n) is 4.56. The summed E-state index contributed by atoms with van der Waals surface area (Å²) in [7, 11) is 0. The molecule has 0 aromatic heterocycles. The van der Waals surface area contributed by atoms with E-state index in [0.717, 1.165) is 13.1 Å². The molecule has 1 aliphatic heterocycles. The Hall–Kier alpha value is -0.730. The molecule has 1 nitrogen and oxygen atoms in total. The lowest BCUT2D eigenvalue weighted by molar-refractivity contribution is 0.811. The minimum Gasteiger partial charge on any atom is -0.312 e. The molecular formula is C11H13NS. The van der Waals surface area contributed by atoms with E-state index in [0.29, 0.717) is 0 Å². The van der Waals surface area contributed by atoms with Crippen molar-refractivity contribution in [1.29, 1.82) is 0 Å². The highest BCUT2D eigenvalue weighted by atomic mass is 32.2. The molecule has 0 unspecified atom stereocenters. The van der Waals surface area contributed by atoms with Crippen molar-refractivity contribution in [2.75, 3.05) is 18.8 Å². The minimum absolute atomic E-state index is 0.997. The van der Waals surface area contributed by atoms with Gasteiger partial charge >= 0.3 is 0 Å². The zero-order valence-electron chi connectivity index (χ0n) is 7.49. The molecule has 13 heavy (non-hydrogen) atoms. The summed E-state index contributed by atoms with van der Waals surface area (Å²) < 4.78 is 0. The lowest BCUT2D eigenvalue weighted by atomic mass is 10.2. The van der Waals surface area contributed by atoms with Gasteiger partial charge < -0.3 is 5.32 Å². The quantitative estimate of drug-likeness (QED) is 0.731. The van der Waals surface area contributed by atoms with Gasteiger partial charge in [-0.25, -0.2) is 0 Å². The zero-order chi connectivity index (χ0) is 8.93. The maximum absolute atomic E-state index is 3.35. The van der Waals surface area contributed by atoms with Crippen LogP contribution in [0.25, 0.3) is 4.91 Å². The molecule has 0 atom stereocenters. The first-order valence-corrected chi connectivity index (χ1v) is 5.54. The Morgan fingerprint density at radius 1 is 1.15 bits per heavy atom. The SMILES string of the molecule is C1=C(c2ccccc2)SCCNC1. The highest BCUT2D eigenvalue weighted by Gasteiger charge is 2.03. The molecule has 68 valence electrons. The van der Waals surface area contributed by atoms with E-state index in [9.17, 15) is 0 Å². The van der Waals surface area contributed by atoms with Gasteiger partial charge in [-0.15, -0.1) is 11.8 Å². The molecule has 2 heteroatoms. The van der Waals surface area contributed by atoms with Crippen molar-refractivity contribution < 1.29 is 0 Å². The van der Waals surface area contributed by atoms with Crippen LogP contribution in [0.3, 0.4) is 0 Å². The Morgan fingerprint density at radius 2 is 2.00 bits per heavy atom. The van der Waals surface area contributed by atoms with Gasteiger partial charge in [0.2, 0.25) is 0 Å². The zero-order valence-corrected chi connectivity index (χ0v) is 8.31. The molecule has 1 N–H and O–H groups in total. The van der Waals surface area contributed by atoms with Crippen LogP contribution in [0, 0.1) is 0 Å². The Balaban J connectivity index is 2.19. The van der Waals surface area contributed by atoms with E-state index in [1.807, 2.05) is 11.8 Å². The highest BCUT2D eigenvalue weighted by Crippen LogP contribution is 2.27. The summed E-state index contributed by atoms with van der Waals surface area (Å²) in [5.41, 5.74) is 1.34. The van der Waals surface area contributed by atoms with Crippen molar-refractivity contribution in [2.45, 2.75) is 0 Å². The van der Waals surface area contributed by atoms with Gasteiger partial charge in [-0.2, -0.15) is 0 Å². The Kier molecular flexibility index (Phi) is 3.06. The van der Waals surface area contributed by atoms with Crippen LogP contribution in [0.5, 0.6) is 0 Å². The largest absolute Gasteiger partial charge is 0.312 e. The third-order valence-electron chi connectivity index (χ3n) is 2.03. The third kappa shape index (κ3) is 2.36. The molecule has 0 fully saturated rings. The molecule has 1 aromatic carbocycles. The Labute approximate surface area is 83.2 Å². The maximum atomic E-state index is 3.35. The van der Waals surface area contributed by atoms with Crippen molar-refractivity contribution in [1.82, 2.24) is 5.32 Å². The fourth-order valence-corrected chi connectivity index (χ4v) is 2.33. The van der Waals surface area contributed by atoms with E-state index in [4.69, 9.17) is 0 Å². The van der Waals surface area contributed by atoms with Gasteiger partial charge in [0.1, 0.15) is 0 Å². The van der Waals surface area contributed by atoms with E-state index < -0.39 is 0 Å². The molecule has 0 bridgehead atoms. The maximum Gasteiger partial charge on any atom is 0.0149 e. The minimum atomic E-state index is 0.997. The van der Waals surface area contributed by atoms with Crippen LogP contribution in [0.1, 0.15) is 5.56 Å². The molecule has 0 spiro atoms. The lowest BCUT2D eigenvalue weighted by Crippen LogP contribution is -2.14. The second kappa shape index (κ2) is 4.49. The van der Waals surface area contributed by atoms with Crippen LogP contribution in [-0.2, 0) is 0 Å². The summed E-state index contributed by atoms with van der Waals surface area (Å²) in [6.45, 7) is 2.11. The molecule has 2 rings (SSSR count). The van der Waals surface area contributed by atoms with E-state index in [-0.39, 0.29) is 0 Å². The van der Waals surface area contributed by atoms with E-state index in [2.05, 4.69) is 41.7 Å². The highest BCUT2D eigenvalue weighted by molar-refractivity contribution is 8.08. The van der Waals surface area contributed by atoms with Gasteiger partial charge in [0.25, 0.3) is 0 Å². The number of rotatable bonds is 1. The third-order valence-corrected chi connectivity index (χ3v) is 3.15. The van der Waals surface area contributed by atoms with Crippen LogP contribution >= 0.6 is 11.8 Å². The molecule has 1 aliphatic rings. The van der Waals surface area contributed by atoms with Crippen LogP contribution in [0.2, 0.25) is 0 Å². The number of nitrogens with one attached hydrogen (secondary N) is 1. The van der Waals surface area contributed by atoms with Gasteiger partial charge in [0.15, 0.2) is 0 Å². The van der Waals surface area contributed by atoms with Crippen molar-refractivity contribution in [3.8, 4) is 0 Å². The van der Waals surface area contributed by atoms with Gasteiger partial charge in [-0.1, -0.05) is 36.4 Å². The molecular weight excluding hydrogens is 178 g/mol. The number of hydrogen-bond donors (Lipinski definition) is 1. The normalized spacial score (nSPS) is 17.7. The molecule has 1 heterocycles. The first kappa shape index (κ1) is 8.85. The van der Waals surface area contributed by atoms with Gasteiger partial charge in [0, 0.05) is 23.7 Å². The second-order valence-electron chi connectivity index (χ2n) is 2.99.